The van der Waals surface area contributed by atoms with Crippen molar-refractivity contribution in [1.82, 2.24) is 0 Å². The van der Waals surface area contributed by atoms with Crippen molar-refractivity contribution in [2.24, 2.45) is 0 Å². The molecule has 0 aliphatic carbocycles. The number of aliphatic hydroxyl groups excluding tert-OH is 1. The van der Waals surface area contributed by atoms with Gasteiger partial charge in [-0.15, -0.1) is 0 Å². The van der Waals surface area contributed by atoms with Crippen LogP contribution in [0.4, 0.5) is 0 Å². The van der Waals surface area contributed by atoms with Crippen molar-refractivity contribution in [1.29, 1.82) is 0 Å². The number of ketones is 1. The van der Waals surface area contributed by atoms with Gasteiger partial charge in [0, 0.05) is 5.39 Å². The van der Waals surface area contributed by atoms with Gasteiger partial charge in [0.1, 0.15) is 17.4 Å². The van der Waals surface area contributed by atoms with Crippen LogP contribution >= 0.6 is 0 Å². The standard InChI is InChI=1S/C18H16O3/c1-12-7-8-17-14(9-12)10-15(21-17)11-16(19)18(20)13-5-3-2-4-6-13/h2-10,18,20H,11H2,1H3. The molecule has 1 atom stereocenters. The maximum absolute atomic E-state index is 12.1. The van der Waals surface area contributed by atoms with Crippen molar-refractivity contribution in [2.75, 3.05) is 0 Å². The molecule has 3 aromatic rings. The zero-order valence-corrected chi connectivity index (χ0v) is 11.7. The van der Waals surface area contributed by atoms with Gasteiger partial charge in [-0.3, -0.25) is 4.79 Å². The largest absolute Gasteiger partial charge is 0.461 e. The molecule has 1 heterocycles. The second-order valence-electron chi connectivity index (χ2n) is 5.21. The first-order chi connectivity index (χ1) is 10.1. The fourth-order valence-corrected chi connectivity index (χ4v) is 2.39. The minimum Gasteiger partial charge on any atom is -0.461 e. The molecular weight excluding hydrogens is 264 g/mol. The number of rotatable bonds is 4. The Balaban J connectivity index is 1.80. The zero-order chi connectivity index (χ0) is 14.8. The van der Waals surface area contributed by atoms with Gasteiger partial charge in [-0.2, -0.15) is 0 Å². The zero-order valence-electron chi connectivity index (χ0n) is 11.7. The predicted octanol–water partition coefficient (Wildman–Crippen LogP) is 3.59. The van der Waals surface area contributed by atoms with E-state index < -0.39 is 6.10 Å². The highest BCUT2D eigenvalue weighted by Crippen LogP contribution is 2.23. The van der Waals surface area contributed by atoms with Gasteiger partial charge in [-0.05, 0) is 30.7 Å². The number of hydrogen-bond acceptors (Lipinski definition) is 3. The fraction of sp³-hybridized carbons (Fsp3) is 0.167. The third kappa shape index (κ3) is 2.88. The molecule has 0 bridgehead atoms. The normalized spacial score (nSPS) is 12.5. The number of aryl methyl sites for hydroxylation is 1. The Labute approximate surface area is 122 Å². The number of aliphatic hydroxyl groups is 1. The van der Waals surface area contributed by atoms with E-state index in [1.54, 1.807) is 24.3 Å². The van der Waals surface area contributed by atoms with Crippen LogP contribution in [0.3, 0.4) is 0 Å². The molecule has 0 amide bonds. The van der Waals surface area contributed by atoms with Crippen molar-refractivity contribution in [3.8, 4) is 0 Å². The number of fused-ring (bicyclic) bond motifs is 1. The summed E-state index contributed by atoms with van der Waals surface area (Å²) in [7, 11) is 0. The van der Waals surface area contributed by atoms with E-state index in [0.717, 1.165) is 16.5 Å². The van der Waals surface area contributed by atoms with Crippen LogP contribution in [0.25, 0.3) is 11.0 Å². The molecule has 106 valence electrons. The molecule has 0 radical (unpaired) electrons. The molecule has 0 aliphatic heterocycles. The lowest BCUT2D eigenvalue weighted by Crippen LogP contribution is -2.14. The quantitative estimate of drug-likeness (QED) is 0.794. The Morgan fingerprint density at radius 1 is 1.14 bits per heavy atom. The second-order valence-corrected chi connectivity index (χ2v) is 5.21. The summed E-state index contributed by atoms with van der Waals surface area (Å²) in [4.78, 5) is 12.1. The summed E-state index contributed by atoms with van der Waals surface area (Å²) in [6.45, 7) is 2.01. The summed E-state index contributed by atoms with van der Waals surface area (Å²) in [5.41, 5.74) is 2.51. The lowest BCUT2D eigenvalue weighted by atomic mass is 10.0. The summed E-state index contributed by atoms with van der Waals surface area (Å²) in [6, 6.07) is 16.7. The van der Waals surface area contributed by atoms with E-state index in [1.807, 2.05) is 37.3 Å². The molecule has 0 saturated carbocycles. The van der Waals surface area contributed by atoms with E-state index in [4.69, 9.17) is 4.42 Å². The Kier molecular flexibility index (Phi) is 3.59. The highest BCUT2D eigenvalue weighted by atomic mass is 16.3. The molecule has 3 nitrogen and oxygen atoms in total. The Morgan fingerprint density at radius 2 is 1.90 bits per heavy atom. The van der Waals surface area contributed by atoms with Crippen molar-refractivity contribution < 1.29 is 14.3 Å². The second kappa shape index (κ2) is 5.54. The van der Waals surface area contributed by atoms with Gasteiger partial charge in [0.2, 0.25) is 0 Å². The maximum atomic E-state index is 12.1. The average molecular weight is 280 g/mol. The molecule has 2 aromatic carbocycles. The molecule has 1 aromatic heterocycles. The number of benzene rings is 2. The number of hydrogen-bond donors (Lipinski definition) is 1. The van der Waals surface area contributed by atoms with Gasteiger partial charge in [-0.1, -0.05) is 42.0 Å². The smallest absolute Gasteiger partial charge is 0.173 e. The first-order valence-electron chi connectivity index (χ1n) is 6.88. The van der Waals surface area contributed by atoms with Gasteiger partial charge >= 0.3 is 0 Å². The summed E-state index contributed by atoms with van der Waals surface area (Å²) in [5, 5.41) is 11.1. The molecule has 0 spiro atoms. The molecule has 0 saturated heterocycles. The van der Waals surface area contributed by atoms with Gasteiger partial charge in [-0.25, -0.2) is 0 Å². The third-order valence-electron chi connectivity index (χ3n) is 3.49. The summed E-state index contributed by atoms with van der Waals surface area (Å²) in [5.74, 6) is 0.313. The van der Waals surface area contributed by atoms with Crippen LogP contribution in [0.2, 0.25) is 0 Å². The predicted molar refractivity (Wildman–Crippen MR) is 81.1 cm³/mol. The molecule has 21 heavy (non-hydrogen) atoms. The van der Waals surface area contributed by atoms with E-state index in [-0.39, 0.29) is 12.2 Å². The molecule has 1 unspecified atom stereocenters. The van der Waals surface area contributed by atoms with Crippen LogP contribution in [-0.4, -0.2) is 10.9 Å². The van der Waals surface area contributed by atoms with Crippen LogP contribution < -0.4 is 0 Å². The Morgan fingerprint density at radius 3 is 2.67 bits per heavy atom. The number of carbonyl (C=O) groups excluding carboxylic acids is 1. The van der Waals surface area contributed by atoms with E-state index in [2.05, 4.69) is 0 Å². The van der Waals surface area contributed by atoms with Crippen molar-refractivity contribution in [2.45, 2.75) is 19.4 Å². The Bertz CT molecular complexity index is 772. The fourth-order valence-electron chi connectivity index (χ4n) is 2.39. The molecule has 3 heteroatoms. The topological polar surface area (TPSA) is 50.4 Å². The molecule has 0 aliphatic rings. The number of carbonyl (C=O) groups is 1. The summed E-state index contributed by atoms with van der Waals surface area (Å²) >= 11 is 0. The number of Topliss-reactive ketones (excluding diaryl/α,β-unsaturated/α-hetero) is 1. The monoisotopic (exact) mass is 280 g/mol. The SMILES string of the molecule is Cc1ccc2oc(CC(=O)C(O)c3ccccc3)cc2c1. The van der Waals surface area contributed by atoms with E-state index in [1.165, 1.54) is 0 Å². The Hall–Kier alpha value is -2.39. The lowest BCUT2D eigenvalue weighted by Gasteiger charge is -2.08. The van der Waals surface area contributed by atoms with Crippen LogP contribution in [0.1, 0.15) is 23.0 Å². The van der Waals surface area contributed by atoms with Crippen LogP contribution in [0.15, 0.2) is 59.0 Å². The van der Waals surface area contributed by atoms with Gasteiger partial charge < -0.3 is 9.52 Å². The summed E-state index contributed by atoms with van der Waals surface area (Å²) in [6.07, 6.45) is -1.02. The van der Waals surface area contributed by atoms with Crippen molar-refractivity contribution >= 4 is 16.8 Å². The minimum atomic E-state index is -1.11. The van der Waals surface area contributed by atoms with Crippen LogP contribution in [0.5, 0.6) is 0 Å². The number of furan rings is 1. The van der Waals surface area contributed by atoms with E-state index in [0.29, 0.717) is 11.3 Å². The highest BCUT2D eigenvalue weighted by Gasteiger charge is 2.19. The van der Waals surface area contributed by atoms with Crippen molar-refractivity contribution in [3.63, 3.8) is 0 Å². The van der Waals surface area contributed by atoms with E-state index in [9.17, 15) is 9.90 Å². The first-order valence-corrected chi connectivity index (χ1v) is 6.88. The maximum Gasteiger partial charge on any atom is 0.173 e. The third-order valence-corrected chi connectivity index (χ3v) is 3.49. The van der Waals surface area contributed by atoms with E-state index >= 15 is 0 Å². The van der Waals surface area contributed by atoms with Gasteiger partial charge in [0.15, 0.2) is 5.78 Å². The summed E-state index contributed by atoms with van der Waals surface area (Å²) < 4.78 is 5.65. The minimum absolute atomic E-state index is 0.0871. The molecule has 0 fully saturated rings. The van der Waals surface area contributed by atoms with Crippen LogP contribution in [-0.2, 0) is 11.2 Å². The van der Waals surface area contributed by atoms with Gasteiger partial charge in [0.25, 0.3) is 0 Å². The highest BCUT2D eigenvalue weighted by molar-refractivity contribution is 5.87. The van der Waals surface area contributed by atoms with Gasteiger partial charge in [0.05, 0.1) is 6.42 Å². The van der Waals surface area contributed by atoms with Crippen molar-refractivity contribution in [3.05, 3.63) is 71.5 Å². The molecule has 1 N–H and O–H groups in total. The lowest BCUT2D eigenvalue weighted by molar-refractivity contribution is -0.126. The first kappa shape index (κ1) is 13.6. The van der Waals surface area contributed by atoms with Crippen LogP contribution in [0, 0.1) is 6.92 Å². The molecule has 3 rings (SSSR count). The molecular formula is C18H16O3. The average Bonchev–Trinajstić information content (AvgIpc) is 2.88.